The van der Waals surface area contributed by atoms with Crippen LogP contribution >= 0.6 is 11.3 Å². The quantitative estimate of drug-likeness (QED) is 0.626. The van der Waals surface area contributed by atoms with Gasteiger partial charge in [-0.15, -0.1) is 11.3 Å². The molecule has 3 aromatic rings. The first-order chi connectivity index (χ1) is 11.7. The van der Waals surface area contributed by atoms with Crippen LogP contribution in [0.3, 0.4) is 0 Å². The van der Waals surface area contributed by atoms with E-state index in [2.05, 4.69) is 29.2 Å². The average molecular weight is 339 g/mol. The van der Waals surface area contributed by atoms with Gasteiger partial charge in [0.05, 0.1) is 5.69 Å². The summed E-state index contributed by atoms with van der Waals surface area (Å²) < 4.78 is 15.8. The predicted molar refractivity (Wildman–Crippen MR) is 97.9 cm³/mol. The summed E-state index contributed by atoms with van der Waals surface area (Å²) in [6.07, 6.45) is 1.86. The van der Waals surface area contributed by atoms with Gasteiger partial charge in [-0.3, -0.25) is 4.99 Å². The summed E-state index contributed by atoms with van der Waals surface area (Å²) in [7, 11) is 1.71. The minimum absolute atomic E-state index is 0.150. The normalized spacial score (nSPS) is 13.5. The maximum absolute atomic E-state index is 14.1. The predicted octanol–water partition coefficient (Wildman–Crippen LogP) is 4.52. The van der Waals surface area contributed by atoms with Crippen LogP contribution in [0.4, 0.5) is 4.39 Å². The Bertz CT molecular complexity index is 910. The molecule has 1 atom stereocenters. The lowest BCUT2D eigenvalue weighted by Crippen LogP contribution is -2.12. The van der Waals surface area contributed by atoms with Crippen molar-refractivity contribution < 1.29 is 4.39 Å². The third-order valence-corrected chi connectivity index (χ3v) is 4.66. The van der Waals surface area contributed by atoms with Crippen LogP contribution in [-0.4, -0.2) is 17.9 Å². The summed E-state index contributed by atoms with van der Waals surface area (Å²) in [4.78, 5) is 4.97. The van der Waals surface area contributed by atoms with Crippen LogP contribution in [0.25, 0.3) is 11.3 Å². The largest absolute Gasteiger partial charge is 0.261 e. The van der Waals surface area contributed by atoms with Gasteiger partial charge in [0, 0.05) is 30.1 Å². The first kappa shape index (κ1) is 16.3. The average Bonchev–Trinajstić information content (AvgIpc) is 3.03. The van der Waals surface area contributed by atoms with E-state index in [1.54, 1.807) is 23.9 Å². The molecule has 0 radical (unpaired) electrons. The summed E-state index contributed by atoms with van der Waals surface area (Å²) in [6.45, 7) is 2.08. The van der Waals surface area contributed by atoms with Crippen molar-refractivity contribution in [2.45, 2.75) is 12.8 Å². The molecule has 0 saturated carbocycles. The first-order valence-electron chi connectivity index (χ1n) is 7.68. The number of hydrogen-bond donors (Lipinski definition) is 0. The molecule has 0 amide bonds. The fraction of sp³-hybridized carbons (Fsp3) is 0.158. The van der Waals surface area contributed by atoms with Gasteiger partial charge in [0.25, 0.3) is 0 Å². The standard InChI is InChI=1S/C19H18FN3S/c1-14(15-8-4-3-5-9-15)12-22-23-18(13-24-19(23)21-2)16-10-6-7-11-17(16)20/h3-14H,1-2H3. The van der Waals surface area contributed by atoms with Crippen LogP contribution in [0.2, 0.25) is 0 Å². The summed E-state index contributed by atoms with van der Waals surface area (Å²) in [5.74, 6) is -0.116. The smallest absolute Gasteiger partial charge is 0.205 e. The highest BCUT2D eigenvalue weighted by Crippen LogP contribution is 2.23. The van der Waals surface area contributed by atoms with Gasteiger partial charge in [-0.05, 0) is 17.7 Å². The number of nitrogens with zero attached hydrogens (tertiary/aromatic N) is 3. The molecule has 5 heteroatoms. The molecule has 24 heavy (non-hydrogen) atoms. The highest BCUT2D eigenvalue weighted by atomic mass is 32.1. The minimum Gasteiger partial charge on any atom is -0.261 e. The van der Waals surface area contributed by atoms with Gasteiger partial charge in [0.1, 0.15) is 5.82 Å². The number of halogens is 1. The molecular formula is C19H18FN3S. The molecule has 1 unspecified atom stereocenters. The SMILES string of the molecule is CN=c1scc(-c2ccccc2F)n1N=CC(C)c1ccccc1. The van der Waals surface area contributed by atoms with Crippen molar-refractivity contribution in [3.05, 3.63) is 76.2 Å². The van der Waals surface area contributed by atoms with E-state index in [1.807, 2.05) is 35.9 Å². The summed E-state index contributed by atoms with van der Waals surface area (Å²) in [5.41, 5.74) is 2.41. The number of rotatable bonds is 4. The Morgan fingerprint density at radius 1 is 1.08 bits per heavy atom. The van der Waals surface area contributed by atoms with Crippen molar-refractivity contribution in [2.75, 3.05) is 7.05 Å². The third-order valence-electron chi connectivity index (χ3n) is 3.76. The molecule has 0 aliphatic rings. The maximum Gasteiger partial charge on any atom is 0.205 e. The molecule has 0 bridgehead atoms. The zero-order valence-electron chi connectivity index (χ0n) is 13.6. The molecule has 0 N–H and O–H groups in total. The zero-order valence-corrected chi connectivity index (χ0v) is 14.4. The van der Waals surface area contributed by atoms with Crippen LogP contribution in [-0.2, 0) is 0 Å². The van der Waals surface area contributed by atoms with Crippen molar-refractivity contribution in [1.29, 1.82) is 0 Å². The Kier molecular flexibility index (Phi) is 5.01. The molecule has 1 aromatic heterocycles. The topological polar surface area (TPSA) is 29.6 Å². The fourth-order valence-electron chi connectivity index (χ4n) is 2.43. The van der Waals surface area contributed by atoms with Gasteiger partial charge in [-0.25, -0.2) is 9.07 Å². The zero-order chi connectivity index (χ0) is 16.9. The van der Waals surface area contributed by atoms with Gasteiger partial charge >= 0.3 is 0 Å². The van der Waals surface area contributed by atoms with E-state index in [0.717, 1.165) is 4.80 Å². The van der Waals surface area contributed by atoms with Crippen molar-refractivity contribution in [2.24, 2.45) is 10.1 Å². The second kappa shape index (κ2) is 7.36. The lowest BCUT2D eigenvalue weighted by Gasteiger charge is -2.07. The molecule has 3 nitrogen and oxygen atoms in total. The molecule has 0 fully saturated rings. The molecule has 0 spiro atoms. The minimum atomic E-state index is -0.266. The summed E-state index contributed by atoms with van der Waals surface area (Å²) in [6, 6.07) is 16.9. The van der Waals surface area contributed by atoms with E-state index in [1.165, 1.54) is 23.0 Å². The second-order valence-corrected chi connectivity index (χ2v) is 6.22. The van der Waals surface area contributed by atoms with E-state index in [-0.39, 0.29) is 11.7 Å². The van der Waals surface area contributed by atoms with Crippen LogP contribution in [0, 0.1) is 5.82 Å². The van der Waals surface area contributed by atoms with Crippen LogP contribution in [0.1, 0.15) is 18.4 Å². The van der Waals surface area contributed by atoms with Crippen molar-refractivity contribution >= 4 is 17.6 Å². The van der Waals surface area contributed by atoms with Crippen molar-refractivity contribution in [3.8, 4) is 11.3 Å². The van der Waals surface area contributed by atoms with Crippen LogP contribution < -0.4 is 4.80 Å². The molecular weight excluding hydrogens is 321 g/mol. The van der Waals surface area contributed by atoms with Crippen LogP contribution in [0.5, 0.6) is 0 Å². The summed E-state index contributed by atoms with van der Waals surface area (Å²) in [5, 5.41) is 6.45. The molecule has 2 aromatic carbocycles. The van der Waals surface area contributed by atoms with Gasteiger partial charge in [-0.1, -0.05) is 49.4 Å². The van der Waals surface area contributed by atoms with E-state index in [0.29, 0.717) is 11.3 Å². The van der Waals surface area contributed by atoms with Gasteiger partial charge in [0.15, 0.2) is 0 Å². The molecule has 122 valence electrons. The molecule has 0 aliphatic carbocycles. The molecule has 3 rings (SSSR count). The van der Waals surface area contributed by atoms with E-state index in [9.17, 15) is 4.39 Å². The Morgan fingerprint density at radius 3 is 2.50 bits per heavy atom. The Labute approximate surface area is 144 Å². The first-order valence-corrected chi connectivity index (χ1v) is 8.56. The summed E-state index contributed by atoms with van der Waals surface area (Å²) >= 11 is 1.44. The van der Waals surface area contributed by atoms with E-state index >= 15 is 0 Å². The number of benzene rings is 2. The number of hydrogen-bond acceptors (Lipinski definition) is 3. The van der Waals surface area contributed by atoms with Gasteiger partial charge in [0.2, 0.25) is 4.80 Å². The fourth-order valence-corrected chi connectivity index (χ4v) is 3.22. The van der Waals surface area contributed by atoms with Crippen LogP contribution in [0.15, 0.2) is 70.1 Å². The highest BCUT2D eigenvalue weighted by Gasteiger charge is 2.11. The van der Waals surface area contributed by atoms with E-state index in [4.69, 9.17) is 0 Å². The number of aromatic nitrogens is 1. The highest BCUT2D eigenvalue weighted by molar-refractivity contribution is 7.07. The lowest BCUT2D eigenvalue weighted by molar-refractivity contribution is 0.629. The van der Waals surface area contributed by atoms with E-state index < -0.39 is 0 Å². The maximum atomic E-state index is 14.1. The third kappa shape index (κ3) is 3.36. The van der Waals surface area contributed by atoms with Gasteiger partial charge < -0.3 is 0 Å². The lowest BCUT2D eigenvalue weighted by atomic mass is 10.0. The molecule has 0 aliphatic heterocycles. The Hall–Kier alpha value is -2.53. The second-order valence-electron chi connectivity index (χ2n) is 5.38. The molecule has 1 heterocycles. The van der Waals surface area contributed by atoms with Gasteiger partial charge in [-0.2, -0.15) is 5.10 Å². The molecule has 0 saturated heterocycles. The Balaban J connectivity index is 2.01. The Morgan fingerprint density at radius 2 is 1.79 bits per heavy atom. The monoisotopic (exact) mass is 339 g/mol. The van der Waals surface area contributed by atoms with Crippen molar-refractivity contribution in [1.82, 2.24) is 4.68 Å². The van der Waals surface area contributed by atoms with Crippen molar-refractivity contribution in [3.63, 3.8) is 0 Å². The number of thiazole rings is 1.